The van der Waals surface area contributed by atoms with Crippen molar-refractivity contribution in [2.75, 3.05) is 18.5 Å². The normalized spacial score (nSPS) is 10.2. The van der Waals surface area contributed by atoms with E-state index >= 15 is 0 Å². The summed E-state index contributed by atoms with van der Waals surface area (Å²) in [5, 5.41) is 5.58. The van der Waals surface area contributed by atoms with E-state index < -0.39 is 30.9 Å². The summed E-state index contributed by atoms with van der Waals surface area (Å²) in [5.74, 6) is -1.76. The SMILES string of the molecule is CCc1cccc(NC(=O)COC(=O)CNC(=O)c2ccc(Cl)cc2Cl)c1. The fourth-order valence-corrected chi connectivity index (χ4v) is 2.68. The van der Waals surface area contributed by atoms with Crippen LogP contribution in [-0.4, -0.2) is 30.9 Å². The van der Waals surface area contributed by atoms with E-state index in [4.69, 9.17) is 27.9 Å². The standard InChI is InChI=1S/C19H18Cl2N2O4/c1-2-12-4-3-5-14(8-12)23-17(24)11-27-18(25)10-22-19(26)15-7-6-13(20)9-16(15)21/h3-9H,2,10-11H2,1H3,(H,22,26)(H,23,24). The van der Waals surface area contributed by atoms with E-state index in [9.17, 15) is 14.4 Å². The van der Waals surface area contributed by atoms with Crippen LogP contribution >= 0.6 is 23.2 Å². The van der Waals surface area contributed by atoms with Crippen molar-refractivity contribution in [2.45, 2.75) is 13.3 Å². The number of rotatable bonds is 7. The Labute approximate surface area is 166 Å². The van der Waals surface area contributed by atoms with Crippen LogP contribution in [0.1, 0.15) is 22.8 Å². The van der Waals surface area contributed by atoms with Crippen molar-refractivity contribution in [2.24, 2.45) is 0 Å². The predicted octanol–water partition coefficient (Wildman–Crippen LogP) is 3.47. The summed E-state index contributed by atoms with van der Waals surface area (Å²) < 4.78 is 4.85. The summed E-state index contributed by atoms with van der Waals surface area (Å²) in [6.45, 7) is 1.16. The van der Waals surface area contributed by atoms with Crippen LogP contribution in [0.2, 0.25) is 10.0 Å². The van der Waals surface area contributed by atoms with E-state index in [1.54, 1.807) is 6.07 Å². The van der Waals surface area contributed by atoms with Crippen LogP contribution in [0.4, 0.5) is 5.69 Å². The first-order chi connectivity index (χ1) is 12.9. The average molecular weight is 409 g/mol. The Morgan fingerprint density at radius 1 is 1.07 bits per heavy atom. The second-order valence-electron chi connectivity index (χ2n) is 5.57. The first-order valence-corrected chi connectivity index (χ1v) is 8.92. The molecule has 0 heterocycles. The highest BCUT2D eigenvalue weighted by Gasteiger charge is 2.13. The molecule has 2 aromatic rings. The first kappa shape index (κ1) is 20.7. The lowest BCUT2D eigenvalue weighted by atomic mass is 10.1. The molecule has 0 bridgehead atoms. The molecular formula is C19H18Cl2N2O4. The molecule has 0 aliphatic heterocycles. The summed E-state index contributed by atoms with van der Waals surface area (Å²) in [5.41, 5.74) is 1.89. The Hall–Kier alpha value is -2.57. The Balaban J connectivity index is 1.76. The van der Waals surface area contributed by atoms with Crippen LogP contribution in [0.5, 0.6) is 0 Å². The summed E-state index contributed by atoms with van der Waals surface area (Å²) >= 11 is 11.7. The average Bonchev–Trinajstić information content (AvgIpc) is 2.64. The topological polar surface area (TPSA) is 84.5 Å². The van der Waals surface area contributed by atoms with Gasteiger partial charge in [0.25, 0.3) is 11.8 Å². The van der Waals surface area contributed by atoms with Gasteiger partial charge in [-0.15, -0.1) is 0 Å². The third-order valence-corrected chi connectivity index (χ3v) is 4.10. The summed E-state index contributed by atoms with van der Waals surface area (Å²) in [6, 6.07) is 11.8. The minimum absolute atomic E-state index is 0.169. The molecule has 0 aliphatic carbocycles. The largest absolute Gasteiger partial charge is 0.454 e. The molecule has 0 spiro atoms. The molecule has 0 aromatic heterocycles. The molecule has 0 saturated carbocycles. The van der Waals surface area contributed by atoms with Crippen LogP contribution in [-0.2, 0) is 20.7 Å². The second-order valence-corrected chi connectivity index (χ2v) is 6.41. The Bertz CT molecular complexity index is 855. The Kier molecular flexibility index (Phi) is 7.64. The highest BCUT2D eigenvalue weighted by atomic mass is 35.5. The maximum absolute atomic E-state index is 12.0. The fourth-order valence-electron chi connectivity index (χ4n) is 2.18. The molecule has 2 rings (SSSR count). The number of hydrogen-bond donors (Lipinski definition) is 2. The van der Waals surface area contributed by atoms with E-state index in [1.807, 2.05) is 25.1 Å². The van der Waals surface area contributed by atoms with Gasteiger partial charge >= 0.3 is 5.97 Å². The summed E-state index contributed by atoms with van der Waals surface area (Å²) in [6.07, 6.45) is 0.843. The molecule has 0 radical (unpaired) electrons. The zero-order chi connectivity index (χ0) is 19.8. The van der Waals surface area contributed by atoms with E-state index in [0.29, 0.717) is 10.7 Å². The van der Waals surface area contributed by atoms with Crippen LogP contribution < -0.4 is 10.6 Å². The molecule has 142 valence electrons. The quantitative estimate of drug-likeness (QED) is 0.686. The number of ether oxygens (including phenoxy) is 1. The summed E-state index contributed by atoms with van der Waals surface area (Å²) in [4.78, 5) is 35.5. The van der Waals surface area contributed by atoms with Gasteiger partial charge in [0.15, 0.2) is 6.61 Å². The van der Waals surface area contributed by atoms with Gasteiger partial charge in [-0.05, 0) is 42.3 Å². The maximum atomic E-state index is 12.0. The highest BCUT2D eigenvalue weighted by Crippen LogP contribution is 2.20. The van der Waals surface area contributed by atoms with Crippen LogP contribution in [0.25, 0.3) is 0 Å². The highest BCUT2D eigenvalue weighted by molar-refractivity contribution is 6.36. The Morgan fingerprint density at radius 3 is 2.56 bits per heavy atom. The second kappa shape index (κ2) is 9.94. The van der Waals surface area contributed by atoms with Crippen molar-refractivity contribution in [3.05, 3.63) is 63.6 Å². The minimum Gasteiger partial charge on any atom is -0.454 e. The van der Waals surface area contributed by atoms with Gasteiger partial charge < -0.3 is 15.4 Å². The lowest BCUT2D eigenvalue weighted by Gasteiger charge is -2.09. The van der Waals surface area contributed by atoms with E-state index in [-0.39, 0.29) is 10.6 Å². The monoisotopic (exact) mass is 408 g/mol. The third kappa shape index (κ3) is 6.58. The van der Waals surface area contributed by atoms with E-state index in [2.05, 4.69) is 10.6 Å². The molecule has 2 aromatic carbocycles. The van der Waals surface area contributed by atoms with Crippen molar-refractivity contribution in [1.82, 2.24) is 5.32 Å². The van der Waals surface area contributed by atoms with Crippen molar-refractivity contribution >= 4 is 46.7 Å². The number of anilines is 1. The predicted molar refractivity (Wildman–Crippen MR) is 104 cm³/mol. The minimum atomic E-state index is -0.745. The molecule has 0 atom stereocenters. The number of carbonyl (C=O) groups excluding carboxylic acids is 3. The molecule has 2 amide bonds. The molecule has 6 nitrogen and oxygen atoms in total. The molecule has 0 saturated heterocycles. The fraction of sp³-hybridized carbons (Fsp3) is 0.211. The maximum Gasteiger partial charge on any atom is 0.325 e. The zero-order valence-corrected chi connectivity index (χ0v) is 16.1. The van der Waals surface area contributed by atoms with Crippen molar-refractivity contribution in [3.8, 4) is 0 Å². The number of hydrogen-bond acceptors (Lipinski definition) is 4. The molecular weight excluding hydrogens is 391 g/mol. The molecule has 0 aliphatic rings. The number of aryl methyl sites for hydroxylation is 1. The smallest absolute Gasteiger partial charge is 0.325 e. The van der Waals surface area contributed by atoms with Gasteiger partial charge in [0.1, 0.15) is 6.54 Å². The number of halogens is 2. The van der Waals surface area contributed by atoms with Crippen LogP contribution in [0, 0.1) is 0 Å². The van der Waals surface area contributed by atoms with Crippen LogP contribution in [0.15, 0.2) is 42.5 Å². The van der Waals surface area contributed by atoms with Crippen LogP contribution in [0.3, 0.4) is 0 Å². The Morgan fingerprint density at radius 2 is 1.85 bits per heavy atom. The van der Waals surface area contributed by atoms with Gasteiger partial charge in [0, 0.05) is 10.7 Å². The van der Waals surface area contributed by atoms with Crippen molar-refractivity contribution < 1.29 is 19.1 Å². The number of benzene rings is 2. The third-order valence-electron chi connectivity index (χ3n) is 3.55. The number of amides is 2. The molecule has 27 heavy (non-hydrogen) atoms. The zero-order valence-electron chi connectivity index (χ0n) is 14.6. The first-order valence-electron chi connectivity index (χ1n) is 8.16. The van der Waals surface area contributed by atoms with Gasteiger partial charge in [-0.2, -0.15) is 0 Å². The lowest BCUT2D eigenvalue weighted by molar-refractivity contribution is -0.146. The number of esters is 1. The van der Waals surface area contributed by atoms with Gasteiger partial charge in [-0.25, -0.2) is 0 Å². The van der Waals surface area contributed by atoms with E-state index in [1.165, 1.54) is 18.2 Å². The molecule has 8 heteroatoms. The van der Waals surface area contributed by atoms with E-state index in [0.717, 1.165) is 12.0 Å². The number of carbonyl (C=O) groups is 3. The van der Waals surface area contributed by atoms with Gasteiger partial charge in [0.2, 0.25) is 0 Å². The number of nitrogens with one attached hydrogen (secondary N) is 2. The molecule has 0 fully saturated rings. The van der Waals surface area contributed by atoms with Gasteiger partial charge in [0.05, 0.1) is 10.6 Å². The molecule has 2 N–H and O–H groups in total. The van der Waals surface area contributed by atoms with Gasteiger partial charge in [-0.1, -0.05) is 42.3 Å². The lowest BCUT2D eigenvalue weighted by Crippen LogP contribution is -2.32. The molecule has 0 unspecified atom stereocenters. The van der Waals surface area contributed by atoms with Crippen molar-refractivity contribution in [1.29, 1.82) is 0 Å². The van der Waals surface area contributed by atoms with Crippen molar-refractivity contribution in [3.63, 3.8) is 0 Å². The van der Waals surface area contributed by atoms with Gasteiger partial charge in [-0.3, -0.25) is 14.4 Å². The summed E-state index contributed by atoms with van der Waals surface area (Å²) in [7, 11) is 0.